The van der Waals surface area contributed by atoms with Crippen molar-refractivity contribution in [2.24, 2.45) is 0 Å². The molecule has 0 spiro atoms. The topological polar surface area (TPSA) is 12.0 Å². The van der Waals surface area contributed by atoms with Crippen LogP contribution in [0.25, 0.3) is 0 Å². The molecule has 0 amide bonds. The molecule has 1 unspecified atom stereocenters. The number of thioether (sulfide) groups is 1. The molecule has 16 heavy (non-hydrogen) atoms. The highest BCUT2D eigenvalue weighted by Gasteiger charge is 2.16. The fourth-order valence-electron chi connectivity index (χ4n) is 1.41. The quantitative estimate of drug-likeness (QED) is 0.883. The van der Waals surface area contributed by atoms with E-state index in [9.17, 15) is 4.39 Å². The van der Waals surface area contributed by atoms with Crippen molar-refractivity contribution in [2.45, 2.75) is 25.1 Å². The Labute approximate surface area is 109 Å². The summed E-state index contributed by atoms with van der Waals surface area (Å²) in [4.78, 5) is 0. The molecule has 0 heterocycles. The minimum atomic E-state index is -0.161. The Balaban J connectivity index is 2.82. The summed E-state index contributed by atoms with van der Waals surface area (Å²) >= 11 is 5.04. The first-order valence-electron chi connectivity index (χ1n) is 5.29. The summed E-state index contributed by atoms with van der Waals surface area (Å²) in [5, 5.41) is 3.72. The maximum atomic E-state index is 13.9. The van der Waals surface area contributed by atoms with E-state index >= 15 is 0 Å². The highest BCUT2D eigenvalue weighted by molar-refractivity contribution is 9.10. The van der Waals surface area contributed by atoms with Crippen LogP contribution in [0.5, 0.6) is 0 Å². The van der Waals surface area contributed by atoms with Gasteiger partial charge in [-0.15, -0.1) is 0 Å². The van der Waals surface area contributed by atoms with Gasteiger partial charge in [0.15, 0.2) is 0 Å². The Morgan fingerprint density at radius 1 is 1.44 bits per heavy atom. The highest BCUT2D eigenvalue weighted by Crippen LogP contribution is 2.26. The average molecular weight is 306 g/mol. The first-order chi connectivity index (χ1) is 7.56. The van der Waals surface area contributed by atoms with E-state index in [-0.39, 0.29) is 11.9 Å². The normalized spacial score (nSPS) is 13.1. The Hall–Kier alpha value is -0.0600. The lowest BCUT2D eigenvalue weighted by atomic mass is 10.1. The third-order valence-corrected chi connectivity index (χ3v) is 4.11. The van der Waals surface area contributed by atoms with Crippen molar-refractivity contribution in [1.29, 1.82) is 0 Å². The van der Waals surface area contributed by atoms with Gasteiger partial charge in [0.1, 0.15) is 5.82 Å². The van der Waals surface area contributed by atoms with Gasteiger partial charge in [-0.3, -0.25) is 0 Å². The van der Waals surface area contributed by atoms with E-state index in [4.69, 9.17) is 0 Å². The summed E-state index contributed by atoms with van der Waals surface area (Å²) in [5.74, 6) is 0.716. The molecule has 0 radical (unpaired) electrons. The third-order valence-electron chi connectivity index (χ3n) is 2.30. The van der Waals surface area contributed by atoms with E-state index in [1.54, 1.807) is 6.07 Å². The molecule has 1 nitrogen and oxygen atoms in total. The van der Waals surface area contributed by atoms with Crippen LogP contribution in [0.3, 0.4) is 0 Å². The molecular formula is C12H17BrFNS. The predicted molar refractivity (Wildman–Crippen MR) is 73.5 cm³/mol. The Morgan fingerprint density at radius 3 is 2.69 bits per heavy atom. The van der Waals surface area contributed by atoms with Gasteiger partial charge in [-0.25, -0.2) is 4.39 Å². The minimum Gasteiger partial charge on any atom is -0.312 e. The summed E-state index contributed by atoms with van der Waals surface area (Å²) in [6.45, 7) is 4.29. The maximum Gasteiger partial charge on any atom is 0.142 e. The van der Waals surface area contributed by atoms with Crippen LogP contribution in [0.1, 0.15) is 25.5 Å². The van der Waals surface area contributed by atoms with Crippen molar-refractivity contribution in [2.75, 3.05) is 12.8 Å². The fraction of sp³-hybridized carbons (Fsp3) is 0.500. The second-order valence-corrected chi connectivity index (χ2v) is 6.33. The Kier molecular flexibility index (Phi) is 5.79. The summed E-state index contributed by atoms with van der Waals surface area (Å²) in [7, 11) is 1.87. The van der Waals surface area contributed by atoms with Crippen molar-refractivity contribution in [3.05, 3.63) is 34.1 Å². The number of benzene rings is 1. The molecule has 1 rings (SSSR count). The number of hydrogen-bond donors (Lipinski definition) is 1. The summed E-state index contributed by atoms with van der Waals surface area (Å²) in [6, 6.07) is 5.49. The first kappa shape index (κ1) is 14.0. The smallest absolute Gasteiger partial charge is 0.142 e. The number of hydrogen-bond acceptors (Lipinski definition) is 2. The van der Waals surface area contributed by atoms with Gasteiger partial charge in [-0.1, -0.05) is 26.0 Å². The lowest BCUT2D eigenvalue weighted by Gasteiger charge is -2.18. The molecule has 0 fully saturated rings. The molecule has 0 aromatic heterocycles. The fourth-order valence-corrected chi connectivity index (χ4v) is 2.71. The summed E-state index contributed by atoms with van der Waals surface area (Å²) in [6.07, 6.45) is 0. The molecule has 0 aliphatic carbocycles. The third kappa shape index (κ3) is 3.75. The monoisotopic (exact) mass is 305 g/mol. The van der Waals surface area contributed by atoms with Crippen LogP contribution in [0.15, 0.2) is 22.7 Å². The van der Waals surface area contributed by atoms with Crippen LogP contribution < -0.4 is 5.32 Å². The molecular weight excluding hydrogens is 289 g/mol. The molecule has 1 aromatic carbocycles. The largest absolute Gasteiger partial charge is 0.312 e. The molecule has 0 aliphatic rings. The molecule has 1 N–H and O–H groups in total. The molecule has 1 atom stereocenters. The Bertz CT molecular complexity index is 344. The zero-order valence-corrected chi connectivity index (χ0v) is 12.2. The zero-order valence-electron chi connectivity index (χ0n) is 9.76. The summed E-state index contributed by atoms with van der Waals surface area (Å²) in [5.41, 5.74) is 0.727. The minimum absolute atomic E-state index is 0.0601. The number of halogens is 2. The Morgan fingerprint density at radius 2 is 2.12 bits per heavy atom. The van der Waals surface area contributed by atoms with Crippen LogP contribution in [-0.4, -0.2) is 18.1 Å². The van der Waals surface area contributed by atoms with E-state index in [0.717, 1.165) is 11.3 Å². The van der Waals surface area contributed by atoms with Crippen molar-refractivity contribution < 1.29 is 4.39 Å². The first-order valence-corrected chi connectivity index (χ1v) is 7.13. The van der Waals surface area contributed by atoms with Gasteiger partial charge in [-0.2, -0.15) is 11.8 Å². The number of nitrogens with one attached hydrogen (secondary N) is 1. The van der Waals surface area contributed by atoms with Gasteiger partial charge in [0.05, 0.1) is 4.47 Å². The van der Waals surface area contributed by atoms with Crippen molar-refractivity contribution in [3.8, 4) is 0 Å². The molecule has 90 valence electrons. The lowest BCUT2D eigenvalue weighted by molar-refractivity contribution is 0.561. The SMILES string of the molecule is CNC(CSC(C)C)c1cccc(Br)c1F. The standard InChI is InChI=1S/C12H17BrFNS/c1-8(2)16-7-11(15-3)9-5-4-6-10(13)12(9)14/h4-6,8,11,15H,7H2,1-3H3. The van der Waals surface area contributed by atoms with Gasteiger partial charge >= 0.3 is 0 Å². The van der Waals surface area contributed by atoms with Crippen LogP contribution in [0.4, 0.5) is 4.39 Å². The summed E-state index contributed by atoms with van der Waals surface area (Å²) < 4.78 is 14.4. The number of rotatable bonds is 5. The second kappa shape index (κ2) is 6.62. The van der Waals surface area contributed by atoms with Gasteiger partial charge in [-0.05, 0) is 34.3 Å². The van der Waals surface area contributed by atoms with E-state index < -0.39 is 0 Å². The van der Waals surface area contributed by atoms with E-state index in [0.29, 0.717) is 9.72 Å². The van der Waals surface area contributed by atoms with E-state index in [1.165, 1.54) is 0 Å². The van der Waals surface area contributed by atoms with Gasteiger partial charge in [0, 0.05) is 17.4 Å². The molecule has 0 saturated carbocycles. The van der Waals surface area contributed by atoms with Gasteiger partial charge in [0.25, 0.3) is 0 Å². The van der Waals surface area contributed by atoms with Gasteiger partial charge in [0.2, 0.25) is 0 Å². The molecule has 4 heteroatoms. The van der Waals surface area contributed by atoms with Crippen LogP contribution in [0.2, 0.25) is 0 Å². The van der Waals surface area contributed by atoms with E-state index in [1.807, 2.05) is 30.9 Å². The molecule has 0 bridgehead atoms. The molecule has 0 aliphatic heterocycles. The van der Waals surface area contributed by atoms with Crippen molar-refractivity contribution >= 4 is 27.7 Å². The molecule has 0 saturated heterocycles. The van der Waals surface area contributed by atoms with Crippen LogP contribution >= 0.6 is 27.7 Å². The van der Waals surface area contributed by atoms with Crippen molar-refractivity contribution in [3.63, 3.8) is 0 Å². The maximum absolute atomic E-state index is 13.9. The van der Waals surface area contributed by atoms with E-state index in [2.05, 4.69) is 35.1 Å². The average Bonchev–Trinajstić information content (AvgIpc) is 2.24. The lowest BCUT2D eigenvalue weighted by Crippen LogP contribution is -2.20. The van der Waals surface area contributed by atoms with Gasteiger partial charge < -0.3 is 5.32 Å². The molecule has 1 aromatic rings. The second-order valence-electron chi connectivity index (χ2n) is 3.87. The predicted octanol–water partition coefficient (Wildman–Crippen LogP) is 3.99. The zero-order chi connectivity index (χ0) is 12.1. The highest BCUT2D eigenvalue weighted by atomic mass is 79.9. The van der Waals surface area contributed by atoms with Crippen LogP contribution in [0, 0.1) is 5.82 Å². The van der Waals surface area contributed by atoms with Crippen molar-refractivity contribution in [1.82, 2.24) is 5.32 Å². The van der Waals surface area contributed by atoms with Crippen LogP contribution in [-0.2, 0) is 0 Å².